The minimum atomic E-state index is -0.511. The maximum Gasteiger partial charge on any atom is 1.00 e. The average molecular weight is 538 g/mol. The number of amides is 1. The summed E-state index contributed by atoms with van der Waals surface area (Å²) in [6, 6.07) is 25.9. The van der Waals surface area contributed by atoms with Gasteiger partial charge in [-0.25, -0.2) is 4.79 Å². The first kappa shape index (κ1) is 29.4. The molecule has 2 N–H and O–H groups in total. The summed E-state index contributed by atoms with van der Waals surface area (Å²) in [5, 5.41) is 2.89. The van der Waals surface area contributed by atoms with E-state index in [-0.39, 0.29) is 68.4 Å². The SMILES string of the molecule is Cc1nsc(-c2ccc(-c3ccc(C4([C-]=O)CC4)cc3)cc2)c1NC(=O)O[C@H](C)c1ccccc1.[K+].[OH-]. The number of carbonyl (C=O) groups excluding carboxylic acids is 2. The molecule has 8 heteroatoms. The van der Waals surface area contributed by atoms with Crippen LogP contribution in [0, 0.1) is 6.92 Å². The molecule has 1 heterocycles. The number of carbonyl (C=O) groups is 1. The molecule has 0 spiro atoms. The molecule has 1 aliphatic rings. The maximum absolute atomic E-state index is 12.6. The normalized spacial score (nSPS) is 13.9. The van der Waals surface area contributed by atoms with Crippen molar-refractivity contribution >= 4 is 29.6 Å². The van der Waals surface area contributed by atoms with Gasteiger partial charge in [0.15, 0.2) is 0 Å². The molecule has 0 unspecified atom stereocenters. The van der Waals surface area contributed by atoms with E-state index in [4.69, 9.17) is 4.74 Å². The summed E-state index contributed by atoms with van der Waals surface area (Å²) in [4.78, 5) is 24.8. The van der Waals surface area contributed by atoms with E-state index in [9.17, 15) is 9.59 Å². The van der Waals surface area contributed by atoms with Gasteiger partial charge in [0.05, 0.1) is 16.3 Å². The van der Waals surface area contributed by atoms with Crippen LogP contribution in [-0.2, 0) is 14.9 Å². The predicted octanol–water partition coefficient (Wildman–Crippen LogP) is 4.06. The number of aryl methyl sites for hydroxylation is 1. The van der Waals surface area contributed by atoms with Crippen molar-refractivity contribution in [2.24, 2.45) is 0 Å². The topological polar surface area (TPSA) is 98.3 Å². The molecule has 0 saturated heterocycles. The van der Waals surface area contributed by atoms with Crippen molar-refractivity contribution < 1.29 is 71.2 Å². The van der Waals surface area contributed by atoms with Gasteiger partial charge in [0.2, 0.25) is 0 Å². The van der Waals surface area contributed by atoms with Crippen LogP contribution < -0.4 is 56.7 Å². The Kier molecular flexibility index (Phi) is 9.99. The minimum absolute atomic E-state index is 0. The number of benzene rings is 3. The molecular formula is C29H26KN2O4S-. The van der Waals surface area contributed by atoms with Gasteiger partial charge in [0.25, 0.3) is 0 Å². The molecule has 1 aromatic heterocycles. The average Bonchev–Trinajstić information content (AvgIpc) is 3.62. The summed E-state index contributed by atoms with van der Waals surface area (Å²) >= 11 is 1.35. The van der Waals surface area contributed by atoms with Crippen molar-refractivity contribution in [3.8, 4) is 21.6 Å². The zero-order valence-electron chi connectivity index (χ0n) is 21.0. The third-order valence-electron chi connectivity index (χ3n) is 6.51. The molecule has 1 saturated carbocycles. The first-order valence-electron chi connectivity index (χ1n) is 11.6. The molecule has 3 aromatic carbocycles. The molecular weight excluding hydrogens is 511 g/mol. The number of rotatable bonds is 7. The Hall–Kier alpha value is -2.17. The second kappa shape index (κ2) is 12.6. The van der Waals surface area contributed by atoms with E-state index in [0.717, 1.165) is 51.2 Å². The fraction of sp³-hybridized carbons (Fsp3) is 0.207. The quantitative estimate of drug-likeness (QED) is 0.283. The molecule has 1 fully saturated rings. The van der Waals surface area contributed by atoms with Crippen LogP contribution in [0.3, 0.4) is 0 Å². The molecule has 0 bridgehead atoms. The zero-order valence-corrected chi connectivity index (χ0v) is 25.0. The smallest absolute Gasteiger partial charge is 0.870 e. The fourth-order valence-corrected chi connectivity index (χ4v) is 5.02. The summed E-state index contributed by atoms with van der Waals surface area (Å²) in [6.45, 7) is 3.72. The van der Waals surface area contributed by atoms with E-state index >= 15 is 0 Å². The van der Waals surface area contributed by atoms with Gasteiger partial charge in [-0.15, -0.1) is 5.41 Å². The summed E-state index contributed by atoms with van der Waals surface area (Å²) in [5.74, 6) is 0. The molecule has 6 nitrogen and oxygen atoms in total. The fourth-order valence-electron chi connectivity index (χ4n) is 4.17. The van der Waals surface area contributed by atoms with Gasteiger partial charge in [-0.3, -0.25) is 11.6 Å². The van der Waals surface area contributed by atoms with Crippen LogP contribution in [-0.4, -0.2) is 22.2 Å². The van der Waals surface area contributed by atoms with E-state index in [1.54, 1.807) is 0 Å². The van der Waals surface area contributed by atoms with Crippen molar-refractivity contribution in [2.45, 2.75) is 38.2 Å². The second-order valence-corrected chi connectivity index (χ2v) is 9.67. The number of nitrogens with one attached hydrogen (secondary N) is 1. The number of nitrogens with zero attached hydrogens (tertiary/aromatic N) is 1. The van der Waals surface area contributed by atoms with Gasteiger partial charge in [-0.2, -0.15) is 4.37 Å². The zero-order chi connectivity index (χ0) is 24.4. The van der Waals surface area contributed by atoms with Gasteiger partial charge >= 0.3 is 57.5 Å². The molecule has 184 valence electrons. The van der Waals surface area contributed by atoms with Crippen LogP contribution in [0.1, 0.15) is 42.7 Å². The van der Waals surface area contributed by atoms with Crippen molar-refractivity contribution in [1.82, 2.24) is 4.37 Å². The summed E-state index contributed by atoms with van der Waals surface area (Å²) in [7, 11) is 0. The molecule has 37 heavy (non-hydrogen) atoms. The van der Waals surface area contributed by atoms with Gasteiger partial charge in [0.1, 0.15) is 6.10 Å². The van der Waals surface area contributed by atoms with E-state index in [1.807, 2.05) is 68.4 Å². The summed E-state index contributed by atoms with van der Waals surface area (Å²) < 4.78 is 10.0. The second-order valence-electron chi connectivity index (χ2n) is 8.89. The van der Waals surface area contributed by atoms with Crippen LogP contribution in [0.4, 0.5) is 10.5 Å². The number of ether oxygens (including phenoxy) is 1. The maximum atomic E-state index is 12.6. The van der Waals surface area contributed by atoms with Crippen molar-refractivity contribution in [1.29, 1.82) is 0 Å². The van der Waals surface area contributed by atoms with Crippen LogP contribution in [0.2, 0.25) is 0 Å². The molecule has 1 atom stereocenters. The molecule has 4 aromatic rings. The molecule has 1 amide bonds. The Morgan fingerprint density at radius 2 is 1.54 bits per heavy atom. The van der Waals surface area contributed by atoms with Crippen LogP contribution in [0.5, 0.6) is 0 Å². The summed E-state index contributed by atoms with van der Waals surface area (Å²) in [5.41, 5.74) is 6.13. The standard InChI is InChI=1S/C29H25N2O3S.K.H2O/c1-19-26(30-28(33)34-20(2)21-6-4-3-5-7-21)27(35-31-19)24-10-8-22(9-11-24)23-12-14-25(15-13-23)29(18-32)16-17-29;;/h3-15,20H,16-17H2,1-2H3,(H,30,33);;1H2/q-1;+1;/p-1/t20-;;/m1../s1. The Morgan fingerprint density at radius 3 is 2.11 bits per heavy atom. The molecule has 0 radical (unpaired) electrons. The number of hydrogen-bond donors (Lipinski definition) is 1. The van der Waals surface area contributed by atoms with Crippen LogP contribution >= 0.6 is 11.5 Å². The Bertz CT molecular complexity index is 1350. The van der Waals surface area contributed by atoms with Gasteiger partial charge < -0.3 is 15.0 Å². The number of hydrogen-bond acceptors (Lipinski definition) is 6. The minimum Gasteiger partial charge on any atom is -0.870 e. The van der Waals surface area contributed by atoms with Crippen molar-refractivity contribution in [2.75, 3.05) is 5.32 Å². The van der Waals surface area contributed by atoms with Crippen LogP contribution in [0.15, 0.2) is 78.9 Å². The van der Waals surface area contributed by atoms with E-state index in [0.29, 0.717) is 5.69 Å². The van der Waals surface area contributed by atoms with Crippen molar-refractivity contribution in [3.05, 3.63) is 95.7 Å². The monoisotopic (exact) mass is 537 g/mol. The third-order valence-corrected chi connectivity index (χ3v) is 7.49. The first-order valence-corrected chi connectivity index (χ1v) is 12.4. The predicted molar refractivity (Wildman–Crippen MR) is 141 cm³/mol. The van der Waals surface area contributed by atoms with E-state index < -0.39 is 6.09 Å². The molecule has 1 aliphatic carbocycles. The number of anilines is 1. The Morgan fingerprint density at radius 1 is 0.973 bits per heavy atom. The van der Waals surface area contributed by atoms with Crippen LogP contribution in [0.25, 0.3) is 21.6 Å². The molecule has 0 aliphatic heterocycles. The van der Waals surface area contributed by atoms with E-state index in [1.165, 1.54) is 11.5 Å². The first-order chi connectivity index (χ1) is 17.0. The van der Waals surface area contributed by atoms with Gasteiger partial charge in [-0.1, -0.05) is 97.3 Å². The molecule has 5 rings (SSSR count). The third kappa shape index (κ3) is 6.46. The van der Waals surface area contributed by atoms with Gasteiger partial charge in [-0.05, 0) is 47.6 Å². The number of aromatic nitrogens is 1. The Balaban J connectivity index is 0.00000190. The van der Waals surface area contributed by atoms with Gasteiger partial charge in [0, 0.05) is 0 Å². The van der Waals surface area contributed by atoms with E-state index in [2.05, 4.69) is 40.2 Å². The van der Waals surface area contributed by atoms with Crippen molar-refractivity contribution in [3.63, 3.8) is 0 Å². The summed E-state index contributed by atoms with van der Waals surface area (Å²) in [6.07, 6.45) is 3.09. The Labute approximate surface area is 263 Å². The largest absolute Gasteiger partial charge is 1.00 e.